The molecule has 2 heteroatoms. The highest BCUT2D eigenvalue weighted by Crippen LogP contribution is 2.31. The van der Waals surface area contributed by atoms with E-state index < -0.39 is 0 Å². The molecule has 2 rings (SSSR count). The number of nitrogens with two attached hydrogens (primary N) is 1. The topological polar surface area (TPSA) is 38.0 Å². The molecule has 1 aliphatic heterocycles. The largest absolute Gasteiger partial charge is 0.381 e. The Bertz CT molecular complexity index is 251. The predicted molar refractivity (Wildman–Crippen MR) is 64.4 cm³/mol. The molecule has 0 amide bonds. The van der Waals surface area contributed by atoms with Crippen LogP contribution < -0.4 is 11.1 Å². The number of dihydropyridines is 1. The zero-order valence-electron chi connectivity index (χ0n) is 9.41. The summed E-state index contributed by atoms with van der Waals surface area (Å²) < 4.78 is 0. The van der Waals surface area contributed by atoms with Gasteiger partial charge in [0.2, 0.25) is 0 Å². The number of hydrogen-bond acceptors (Lipinski definition) is 2. The van der Waals surface area contributed by atoms with Crippen LogP contribution in [0.4, 0.5) is 0 Å². The minimum atomic E-state index is 0.0384. The summed E-state index contributed by atoms with van der Waals surface area (Å²) in [5.74, 6) is 0.867. The first kappa shape index (κ1) is 10.7. The van der Waals surface area contributed by atoms with Crippen LogP contribution in [0, 0.1) is 5.92 Å². The maximum absolute atomic E-state index is 5.91. The van der Waals surface area contributed by atoms with Gasteiger partial charge in [0.1, 0.15) is 0 Å². The lowest BCUT2D eigenvalue weighted by Crippen LogP contribution is -2.49. The van der Waals surface area contributed by atoms with Gasteiger partial charge in [0.15, 0.2) is 0 Å². The molecule has 0 spiro atoms. The van der Waals surface area contributed by atoms with E-state index in [0.717, 1.165) is 5.92 Å². The molecule has 1 saturated carbocycles. The molecule has 0 saturated heterocycles. The average Bonchev–Trinajstić information content (AvgIpc) is 2.32. The SMILES string of the molecule is NCC1(CC2CCCCC2)C=CC=CN1. The first-order valence-electron chi connectivity index (χ1n) is 6.17. The van der Waals surface area contributed by atoms with Gasteiger partial charge in [0.05, 0.1) is 5.54 Å². The van der Waals surface area contributed by atoms with E-state index in [1.54, 1.807) is 0 Å². The summed E-state index contributed by atoms with van der Waals surface area (Å²) >= 11 is 0. The number of hydrogen-bond donors (Lipinski definition) is 2. The van der Waals surface area contributed by atoms with Gasteiger partial charge in [-0.15, -0.1) is 0 Å². The first-order valence-corrected chi connectivity index (χ1v) is 6.17. The van der Waals surface area contributed by atoms with Crippen LogP contribution in [-0.2, 0) is 0 Å². The van der Waals surface area contributed by atoms with E-state index >= 15 is 0 Å². The summed E-state index contributed by atoms with van der Waals surface area (Å²) in [6.07, 6.45) is 16.6. The Balaban J connectivity index is 1.94. The Hall–Kier alpha value is -0.760. The van der Waals surface area contributed by atoms with Crippen molar-refractivity contribution in [2.24, 2.45) is 11.7 Å². The third-order valence-electron chi connectivity index (χ3n) is 3.74. The van der Waals surface area contributed by atoms with Gasteiger partial charge in [0.25, 0.3) is 0 Å². The van der Waals surface area contributed by atoms with E-state index in [0.29, 0.717) is 6.54 Å². The maximum Gasteiger partial charge on any atom is 0.0678 e. The summed E-state index contributed by atoms with van der Waals surface area (Å²) in [4.78, 5) is 0. The van der Waals surface area contributed by atoms with Crippen molar-refractivity contribution in [1.29, 1.82) is 0 Å². The Morgan fingerprint density at radius 3 is 2.60 bits per heavy atom. The van der Waals surface area contributed by atoms with Crippen LogP contribution >= 0.6 is 0 Å². The van der Waals surface area contributed by atoms with E-state index in [4.69, 9.17) is 5.73 Å². The van der Waals surface area contributed by atoms with Crippen molar-refractivity contribution in [3.05, 3.63) is 24.4 Å². The van der Waals surface area contributed by atoms with Gasteiger partial charge in [-0.2, -0.15) is 0 Å². The molecule has 2 aliphatic rings. The molecule has 1 unspecified atom stereocenters. The van der Waals surface area contributed by atoms with Crippen molar-refractivity contribution >= 4 is 0 Å². The fraction of sp³-hybridized carbons (Fsp3) is 0.692. The highest BCUT2D eigenvalue weighted by molar-refractivity contribution is 5.20. The van der Waals surface area contributed by atoms with Crippen LogP contribution in [0.25, 0.3) is 0 Å². The molecular weight excluding hydrogens is 184 g/mol. The van der Waals surface area contributed by atoms with Crippen molar-refractivity contribution in [1.82, 2.24) is 5.32 Å². The molecule has 15 heavy (non-hydrogen) atoms. The van der Waals surface area contributed by atoms with E-state index in [-0.39, 0.29) is 5.54 Å². The summed E-state index contributed by atoms with van der Waals surface area (Å²) in [5, 5.41) is 3.44. The maximum atomic E-state index is 5.91. The van der Waals surface area contributed by atoms with Crippen LogP contribution in [0.2, 0.25) is 0 Å². The third-order valence-corrected chi connectivity index (χ3v) is 3.74. The van der Waals surface area contributed by atoms with Gasteiger partial charge >= 0.3 is 0 Å². The monoisotopic (exact) mass is 206 g/mol. The minimum Gasteiger partial charge on any atom is -0.381 e. The molecule has 1 fully saturated rings. The Kier molecular flexibility index (Phi) is 3.47. The van der Waals surface area contributed by atoms with Gasteiger partial charge in [-0.1, -0.05) is 44.3 Å². The number of rotatable bonds is 3. The molecule has 1 aliphatic carbocycles. The first-order chi connectivity index (χ1) is 7.35. The highest BCUT2D eigenvalue weighted by Gasteiger charge is 2.29. The molecule has 3 N–H and O–H groups in total. The lowest BCUT2D eigenvalue weighted by molar-refractivity contribution is 0.271. The van der Waals surface area contributed by atoms with Crippen LogP contribution in [0.1, 0.15) is 38.5 Å². The predicted octanol–water partition coefficient (Wildman–Crippen LogP) is 2.33. The van der Waals surface area contributed by atoms with Gasteiger partial charge < -0.3 is 11.1 Å². The average molecular weight is 206 g/mol. The minimum absolute atomic E-state index is 0.0384. The number of allylic oxidation sites excluding steroid dienone is 2. The highest BCUT2D eigenvalue weighted by atomic mass is 15.0. The van der Waals surface area contributed by atoms with Crippen molar-refractivity contribution in [3.8, 4) is 0 Å². The second-order valence-electron chi connectivity index (χ2n) is 4.93. The fourth-order valence-corrected chi connectivity index (χ4v) is 2.80. The van der Waals surface area contributed by atoms with Gasteiger partial charge in [-0.3, -0.25) is 0 Å². The Labute approximate surface area is 92.6 Å². The van der Waals surface area contributed by atoms with Crippen LogP contribution in [0.15, 0.2) is 24.4 Å². The Morgan fingerprint density at radius 2 is 2.00 bits per heavy atom. The van der Waals surface area contributed by atoms with Crippen LogP contribution in [0.3, 0.4) is 0 Å². The van der Waals surface area contributed by atoms with E-state index in [2.05, 4.69) is 17.5 Å². The molecule has 0 aromatic rings. The zero-order valence-corrected chi connectivity index (χ0v) is 9.41. The third kappa shape index (κ3) is 2.63. The summed E-state index contributed by atoms with van der Waals surface area (Å²) in [6.45, 7) is 0.699. The van der Waals surface area contributed by atoms with Gasteiger partial charge in [-0.05, 0) is 24.6 Å². The van der Waals surface area contributed by atoms with E-state index in [9.17, 15) is 0 Å². The standard InChI is InChI=1S/C13H22N2/c14-11-13(8-4-5-9-15-13)10-12-6-2-1-3-7-12/h4-5,8-9,12,15H,1-3,6-7,10-11,14H2. The molecule has 0 aromatic heterocycles. The molecule has 0 aromatic carbocycles. The molecule has 2 nitrogen and oxygen atoms in total. The van der Waals surface area contributed by atoms with E-state index in [1.807, 2.05) is 12.3 Å². The molecule has 0 radical (unpaired) electrons. The molecule has 84 valence electrons. The van der Waals surface area contributed by atoms with Crippen LogP contribution in [0.5, 0.6) is 0 Å². The molecular formula is C13H22N2. The summed E-state index contributed by atoms with van der Waals surface area (Å²) in [7, 11) is 0. The molecule has 1 heterocycles. The normalized spacial score (nSPS) is 31.5. The van der Waals surface area contributed by atoms with E-state index in [1.165, 1.54) is 38.5 Å². The quantitative estimate of drug-likeness (QED) is 0.743. The zero-order chi connectivity index (χ0) is 10.6. The van der Waals surface area contributed by atoms with Crippen molar-refractivity contribution in [2.45, 2.75) is 44.1 Å². The lowest BCUT2D eigenvalue weighted by atomic mass is 9.78. The molecule has 0 bridgehead atoms. The van der Waals surface area contributed by atoms with Crippen molar-refractivity contribution in [3.63, 3.8) is 0 Å². The van der Waals surface area contributed by atoms with Crippen molar-refractivity contribution < 1.29 is 0 Å². The second kappa shape index (κ2) is 4.84. The fourth-order valence-electron chi connectivity index (χ4n) is 2.80. The second-order valence-corrected chi connectivity index (χ2v) is 4.93. The van der Waals surface area contributed by atoms with Gasteiger partial charge in [0, 0.05) is 6.54 Å². The van der Waals surface area contributed by atoms with Crippen LogP contribution in [-0.4, -0.2) is 12.1 Å². The van der Waals surface area contributed by atoms with Crippen molar-refractivity contribution in [2.75, 3.05) is 6.54 Å². The number of nitrogens with one attached hydrogen (secondary N) is 1. The summed E-state index contributed by atoms with van der Waals surface area (Å²) in [5.41, 5.74) is 5.95. The smallest absolute Gasteiger partial charge is 0.0678 e. The lowest BCUT2D eigenvalue weighted by Gasteiger charge is -2.36. The Morgan fingerprint density at radius 1 is 1.20 bits per heavy atom. The van der Waals surface area contributed by atoms with Gasteiger partial charge in [-0.25, -0.2) is 0 Å². The molecule has 1 atom stereocenters. The summed E-state index contributed by atoms with van der Waals surface area (Å²) in [6, 6.07) is 0.